The second kappa shape index (κ2) is 8.47. The van der Waals surface area contributed by atoms with Gasteiger partial charge in [-0.3, -0.25) is 0 Å². The van der Waals surface area contributed by atoms with Crippen LogP contribution in [0.3, 0.4) is 0 Å². The van der Waals surface area contributed by atoms with Crippen LogP contribution in [0.25, 0.3) is 0 Å². The number of hydrogen-bond donors (Lipinski definition) is 4. The van der Waals surface area contributed by atoms with E-state index in [1.54, 1.807) is 24.3 Å². The van der Waals surface area contributed by atoms with Gasteiger partial charge in [0, 0.05) is 17.5 Å². The van der Waals surface area contributed by atoms with Crippen LogP contribution in [-0.2, 0) is 24.7 Å². The van der Waals surface area contributed by atoms with Gasteiger partial charge in [-0.25, -0.2) is 0 Å². The predicted molar refractivity (Wildman–Crippen MR) is 100 cm³/mol. The second-order valence-corrected chi connectivity index (χ2v) is 6.36. The summed E-state index contributed by atoms with van der Waals surface area (Å²) in [6.07, 6.45) is 0.0248. The quantitative estimate of drug-likeness (QED) is 0.569. The zero-order valence-electron chi connectivity index (χ0n) is 15.7. The smallest absolute Gasteiger partial charge is 0.200 e. The van der Waals surface area contributed by atoms with Crippen molar-refractivity contribution in [3.63, 3.8) is 0 Å². The molecule has 8 heteroatoms. The Morgan fingerprint density at radius 1 is 0.964 bits per heavy atom. The Morgan fingerprint density at radius 3 is 2.00 bits per heavy atom. The number of oxime groups is 1. The maximum Gasteiger partial charge on any atom is 0.200 e. The Bertz CT molecular complexity index is 844. The SMILES string of the molecule is COc1cc(C2CC(c3cc(CO)c(CO)c(CO)c3)=NO2)cc(OC)c1O. The van der Waals surface area contributed by atoms with Crippen LogP contribution in [0, 0.1) is 0 Å². The third-order valence-corrected chi connectivity index (χ3v) is 4.81. The minimum absolute atomic E-state index is 0.0901. The highest BCUT2D eigenvalue weighted by Crippen LogP contribution is 2.41. The zero-order valence-corrected chi connectivity index (χ0v) is 15.7. The zero-order chi connectivity index (χ0) is 20.3. The summed E-state index contributed by atoms with van der Waals surface area (Å²) in [6.45, 7) is -0.800. The average molecular weight is 389 g/mol. The van der Waals surface area contributed by atoms with Crippen LogP contribution in [0.4, 0.5) is 0 Å². The van der Waals surface area contributed by atoms with E-state index < -0.39 is 6.10 Å². The molecule has 1 unspecified atom stereocenters. The molecule has 0 aromatic heterocycles. The van der Waals surface area contributed by atoms with Crippen LogP contribution in [-0.4, -0.2) is 40.4 Å². The number of hydrogen-bond acceptors (Lipinski definition) is 8. The molecule has 1 aliphatic heterocycles. The number of ether oxygens (including phenoxy) is 2. The first kappa shape index (κ1) is 19.9. The van der Waals surface area contributed by atoms with Crippen LogP contribution in [0.5, 0.6) is 17.2 Å². The fourth-order valence-corrected chi connectivity index (χ4v) is 3.28. The lowest BCUT2D eigenvalue weighted by Gasteiger charge is -2.15. The Morgan fingerprint density at radius 2 is 1.54 bits per heavy atom. The first-order chi connectivity index (χ1) is 13.6. The standard InChI is InChI=1S/C20H23NO7/c1-26-18-5-12(6-19(27-2)20(18)25)17-7-16(21-28-17)11-3-13(8-22)15(10-24)14(4-11)9-23/h3-6,17,22-25H,7-10H2,1-2H3. The first-order valence-electron chi connectivity index (χ1n) is 8.71. The van der Waals surface area contributed by atoms with Gasteiger partial charge < -0.3 is 34.7 Å². The Hall–Kier alpha value is -2.81. The van der Waals surface area contributed by atoms with Gasteiger partial charge in [0.2, 0.25) is 5.75 Å². The number of aromatic hydroxyl groups is 1. The number of phenols is 1. The normalized spacial score (nSPS) is 15.9. The average Bonchev–Trinajstić information content (AvgIpc) is 3.23. The summed E-state index contributed by atoms with van der Waals surface area (Å²) < 4.78 is 10.4. The van der Waals surface area contributed by atoms with E-state index in [4.69, 9.17) is 14.3 Å². The molecule has 0 saturated heterocycles. The Kier molecular flexibility index (Phi) is 6.03. The minimum Gasteiger partial charge on any atom is -0.502 e. The number of benzene rings is 2. The lowest BCUT2D eigenvalue weighted by Crippen LogP contribution is -2.07. The molecule has 4 N–H and O–H groups in total. The Labute approximate surface area is 162 Å². The molecular formula is C20H23NO7. The van der Waals surface area contributed by atoms with E-state index in [-0.39, 0.29) is 37.1 Å². The van der Waals surface area contributed by atoms with Crippen molar-refractivity contribution in [3.05, 3.63) is 52.1 Å². The van der Waals surface area contributed by atoms with E-state index >= 15 is 0 Å². The Balaban J connectivity index is 1.90. The molecule has 0 aliphatic carbocycles. The van der Waals surface area contributed by atoms with Gasteiger partial charge in [0.1, 0.15) is 0 Å². The van der Waals surface area contributed by atoms with E-state index in [0.29, 0.717) is 34.4 Å². The van der Waals surface area contributed by atoms with Crippen molar-refractivity contribution in [3.8, 4) is 17.2 Å². The molecule has 0 amide bonds. The van der Waals surface area contributed by atoms with E-state index in [1.807, 2.05) is 0 Å². The summed E-state index contributed by atoms with van der Waals surface area (Å²) in [5, 5.41) is 42.9. The van der Waals surface area contributed by atoms with Gasteiger partial charge in [-0.05, 0) is 41.0 Å². The van der Waals surface area contributed by atoms with Crippen LogP contribution >= 0.6 is 0 Å². The maximum atomic E-state index is 10.1. The van der Waals surface area contributed by atoms with Crippen molar-refractivity contribution in [2.24, 2.45) is 5.16 Å². The van der Waals surface area contributed by atoms with Crippen LogP contribution in [0.1, 0.15) is 40.3 Å². The molecule has 0 radical (unpaired) electrons. The van der Waals surface area contributed by atoms with Crippen molar-refractivity contribution < 1.29 is 34.7 Å². The van der Waals surface area contributed by atoms with Crippen LogP contribution < -0.4 is 9.47 Å². The summed E-state index contributed by atoms with van der Waals surface area (Å²) in [5.41, 5.74) is 3.64. The number of aliphatic hydroxyl groups is 3. The molecule has 0 spiro atoms. The van der Waals surface area contributed by atoms with Crippen molar-refractivity contribution >= 4 is 5.71 Å². The van der Waals surface area contributed by atoms with Gasteiger partial charge in [0.05, 0.1) is 39.8 Å². The van der Waals surface area contributed by atoms with Crippen LogP contribution in [0.2, 0.25) is 0 Å². The highest BCUT2D eigenvalue weighted by Gasteiger charge is 2.27. The van der Waals surface area contributed by atoms with Crippen molar-refractivity contribution in [2.75, 3.05) is 14.2 Å². The maximum absolute atomic E-state index is 10.1. The number of phenolic OH excluding ortho intramolecular Hbond substituents is 1. The number of aliphatic hydroxyl groups excluding tert-OH is 3. The van der Waals surface area contributed by atoms with Gasteiger partial charge in [0.15, 0.2) is 17.6 Å². The largest absolute Gasteiger partial charge is 0.502 e. The molecule has 0 fully saturated rings. The minimum atomic E-state index is -0.411. The molecule has 1 atom stereocenters. The predicted octanol–water partition coefficient (Wildman–Crippen LogP) is 1.75. The van der Waals surface area contributed by atoms with Gasteiger partial charge in [-0.2, -0.15) is 0 Å². The number of rotatable bonds is 7. The molecule has 150 valence electrons. The van der Waals surface area contributed by atoms with Gasteiger partial charge in [0.25, 0.3) is 0 Å². The van der Waals surface area contributed by atoms with Gasteiger partial charge in [-0.1, -0.05) is 5.16 Å². The van der Waals surface area contributed by atoms with Crippen LogP contribution in [0.15, 0.2) is 29.4 Å². The van der Waals surface area contributed by atoms with Crippen molar-refractivity contribution in [2.45, 2.75) is 32.3 Å². The molecule has 28 heavy (non-hydrogen) atoms. The summed E-state index contributed by atoms with van der Waals surface area (Å²) in [7, 11) is 2.90. The molecule has 3 rings (SSSR count). The summed E-state index contributed by atoms with van der Waals surface area (Å²) >= 11 is 0. The van der Waals surface area contributed by atoms with Crippen molar-refractivity contribution in [1.29, 1.82) is 0 Å². The second-order valence-electron chi connectivity index (χ2n) is 6.36. The lowest BCUT2D eigenvalue weighted by molar-refractivity contribution is 0.0853. The van der Waals surface area contributed by atoms with E-state index in [1.165, 1.54) is 14.2 Å². The first-order valence-corrected chi connectivity index (χ1v) is 8.71. The molecular weight excluding hydrogens is 366 g/mol. The van der Waals surface area contributed by atoms with Crippen molar-refractivity contribution in [1.82, 2.24) is 0 Å². The third kappa shape index (κ3) is 3.62. The molecule has 1 aliphatic rings. The molecule has 1 heterocycles. The summed E-state index contributed by atoms with van der Waals surface area (Å²) in [4.78, 5) is 5.57. The van der Waals surface area contributed by atoms with Gasteiger partial charge >= 0.3 is 0 Å². The van der Waals surface area contributed by atoms with E-state index in [2.05, 4.69) is 5.16 Å². The van der Waals surface area contributed by atoms with E-state index in [9.17, 15) is 20.4 Å². The monoisotopic (exact) mass is 389 g/mol. The number of methoxy groups -OCH3 is 2. The lowest BCUT2D eigenvalue weighted by atomic mass is 9.93. The molecule has 2 aromatic rings. The summed E-state index contributed by atoms with van der Waals surface area (Å²) in [5.74, 6) is 0.445. The molecule has 0 bridgehead atoms. The van der Waals surface area contributed by atoms with E-state index in [0.717, 1.165) is 5.56 Å². The molecule has 0 saturated carbocycles. The number of nitrogens with zero attached hydrogens (tertiary/aromatic N) is 1. The molecule has 8 nitrogen and oxygen atoms in total. The van der Waals surface area contributed by atoms with Gasteiger partial charge in [-0.15, -0.1) is 0 Å². The molecule has 2 aromatic carbocycles. The highest BCUT2D eigenvalue weighted by atomic mass is 16.6. The highest BCUT2D eigenvalue weighted by molar-refractivity contribution is 6.01. The summed E-state index contributed by atoms with van der Waals surface area (Å²) in [6, 6.07) is 6.78. The third-order valence-electron chi connectivity index (χ3n) is 4.81. The topological polar surface area (TPSA) is 121 Å². The fraction of sp³-hybridized carbons (Fsp3) is 0.350. The fourth-order valence-electron chi connectivity index (χ4n) is 3.28.